The number of aromatic hydroxyl groups is 1. The van der Waals surface area contributed by atoms with Gasteiger partial charge < -0.3 is 20.9 Å². The van der Waals surface area contributed by atoms with E-state index in [4.69, 9.17) is 10.5 Å². The minimum absolute atomic E-state index is 0.131. The molecule has 4 N–H and O–H groups in total. The molecule has 2 aromatic carbocycles. The third-order valence-corrected chi connectivity index (χ3v) is 5.44. The number of nitrogens with zero attached hydrogens (tertiary/aromatic N) is 1. The highest BCUT2D eigenvalue weighted by Gasteiger charge is 2.26. The molecule has 0 bridgehead atoms. The molecule has 1 aliphatic rings. The van der Waals surface area contributed by atoms with Gasteiger partial charge >= 0.3 is 0 Å². The maximum absolute atomic E-state index is 10.9. The number of aliphatic imine (C=N–C) groups is 1. The number of rotatable bonds is 4. The molecule has 0 aromatic heterocycles. The molecule has 1 atom stereocenters. The molecular formula is C25H35N3O2. The molecule has 3 rings (SSSR count). The molecule has 2 aromatic rings. The number of amidine groups is 1. The summed E-state index contributed by atoms with van der Waals surface area (Å²) >= 11 is 0. The minimum Gasteiger partial charge on any atom is -0.507 e. The third-order valence-electron chi connectivity index (χ3n) is 5.44. The lowest BCUT2D eigenvalue weighted by Crippen LogP contribution is -2.33. The van der Waals surface area contributed by atoms with Crippen molar-refractivity contribution >= 4 is 11.5 Å². The third kappa shape index (κ3) is 4.78. The number of hydrogen-bond donors (Lipinski definition) is 3. The van der Waals surface area contributed by atoms with Crippen LogP contribution in [-0.2, 0) is 23.9 Å². The molecule has 5 nitrogen and oxygen atoms in total. The van der Waals surface area contributed by atoms with Crippen LogP contribution in [0.15, 0.2) is 35.3 Å². The van der Waals surface area contributed by atoms with Crippen molar-refractivity contribution in [2.75, 3.05) is 0 Å². The van der Waals surface area contributed by atoms with E-state index in [2.05, 4.69) is 64.0 Å². The van der Waals surface area contributed by atoms with Crippen LogP contribution in [0.3, 0.4) is 0 Å². The molecule has 1 unspecified atom stereocenters. The SMILES string of the molecule is CC1Oc2ccc(CNCc3cc(C(C)(C)C)c(O)c(C(C)(C)C)c3)cc2N=C1N. The Morgan fingerprint density at radius 3 is 2.10 bits per heavy atom. The molecule has 1 aliphatic heterocycles. The van der Waals surface area contributed by atoms with Crippen molar-refractivity contribution in [2.24, 2.45) is 10.7 Å². The Bertz CT molecular complexity index is 930. The fourth-order valence-electron chi connectivity index (χ4n) is 3.63. The van der Waals surface area contributed by atoms with Crippen LogP contribution in [0.25, 0.3) is 0 Å². The van der Waals surface area contributed by atoms with Crippen molar-refractivity contribution in [1.82, 2.24) is 5.32 Å². The van der Waals surface area contributed by atoms with Crippen molar-refractivity contribution in [2.45, 2.75) is 78.5 Å². The van der Waals surface area contributed by atoms with Crippen LogP contribution in [0.2, 0.25) is 0 Å². The van der Waals surface area contributed by atoms with Gasteiger partial charge in [0.25, 0.3) is 0 Å². The topological polar surface area (TPSA) is 79.9 Å². The van der Waals surface area contributed by atoms with Crippen molar-refractivity contribution in [3.05, 3.63) is 52.6 Å². The summed E-state index contributed by atoms with van der Waals surface area (Å²) in [5, 5.41) is 14.4. The summed E-state index contributed by atoms with van der Waals surface area (Å²) in [6.45, 7) is 16.1. The Kier molecular flexibility index (Phi) is 5.87. The summed E-state index contributed by atoms with van der Waals surface area (Å²) in [6.07, 6.45) is -0.190. The minimum atomic E-state index is -0.190. The van der Waals surface area contributed by atoms with E-state index in [1.807, 2.05) is 25.1 Å². The van der Waals surface area contributed by atoms with Crippen molar-refractivity contribution in [3.8, 4) is 11.5 Å². The first-order valence-electron chi connectivity index (χ1n) is 10.6. The molecule has 0 saturated carbocycles. The van der Waals surface area contributed by atoms with Crippen molar-refractivity contribution < 1.29 is 9.84 Å². The van der Waals surface area contributed by atoms with Gasteiger partial charge in [-0.1, -0.05) is 59.7 Å². The van der Waals surface area contributed by atoms with Crippen molar-refractivity contribution in [3.63, 3.8) is 0 Å². The molecule has 0 radical (unpaired) electrons. The first kappa shape index (κ1) is 22.2. The van der Waals surface area contributed by atoms with Crippen LogP contribution in [0.1, 0.15) is 70.7 Å². The molecule has 0 fully saturated rings. The summed E-state index contributed by atoms with van der Waals surface area (Å²) in [4.78, 5) is 4.45. The van der Waals surface area contributed by atoms with Gasteiger partial charge in [-0.2, -0.15) is 0 Å². The van der Waals surface area contributed by atoms with Gasteiger partial charge in [0, 0.05) is 13.1 Å². The largest absolute Gasteiger partial charge is 0.507 e. The summed E-state index contributed by atoms with van der Waals surface area (Å²) < 4.78 is 5.77. The smallest absolute Gasteiger partial charge is 0.153 e. The highest BCUT2D eigenvalue weighted by atomic mass is 16.5. The molecule has 30 heavy (non-hydrogen) atoms. The Balaban J connectivity index is 1.78. The van der Waals surface area contributed by atoms with Gasteiger partial charge in [-0.3, -0.25) is 0 Å². The van der Waals surface area contributed by atoms with Gasteiger partial charge in [-0.25, -0.2) is 4.99 Å². The summed E-state index contributed by atoms with van der Waals surface area (Å²) in [6, 6.07) is 10.2. The maximum Gasteiger partial charge on any atom is 0.153 e. The molecule has 0 aliphatic carbocycles. The normalized spacial score (nSPS) is 16.6. The highest BCUT2D eigenvalue weighted by molar-refractivity contribution is 5.89. The molecule has 0 amide bonds. The first-order chi connectivity index (χ1) is 13.9. The van der Waals surface area contributed by atoms with Crippen LogP contribution >= 0.6 is 0 Å². The zero-order chi connectivity index (χ0) is 22.3. The van der Waals surface area contributed by atoms with E-state index in [0.717, 1.165) is 28.1 Å². The number of benzene rings is 2. The molecule has 0 spiro atoms. The second kappa shape index (κ2) is 7.95. The van der Waals surface area contributed by atoms with E-state index in [9.17, 15) is 5.11 Å². The van der Waals surface area contributed by atoms with E-state index in [1.54, 1.807) is 0 Å². The average molecular weight is 410 g/mol. The van der Waals surface area contributed by atoms with Gasteiger partial charge in [0.05, 0.1) is 0 Å². The Morgan fingerprint density at radius 1 is 0.967 bits per heavy atom. The molecule has 162 valence electrons. The summed E-state index contributed by atoms with van der Waals surface area (Å²) in [5.41, 5.74) is 10.7. The van der Waals surface area contributed by atoms with Crippen LogP contribution < -0.4 is 15.8 Å². The molecular weight excluding hydrogens is 374 g/mol. The standard InChI is InChI=1S/C25H35N3O2/c1-15-23(26)28-20-12-16(8-9-21(20)30-15)13-27-14-17-10-18(24(2,3)4)22(29)19(11-17)25(5,6)7/h8-12,15,27,29H,13-14H2,1-7H3,(H2,26,28). The van der Waals surface area contributed by atoms with Gasteiger partial charge in [0.15, 0.2) is 6.10 Å². The fourth-order valence-corrected chi connectivity index (χ4v) is 3.63. The van der Waals surface area contributed by atoms with Crippen LogP contribution in [0.5, 0.6) is 11.5 Å². The first-order valence-corrected chi connectivity index (χ1v) is 10.6. The van der Waals surface area contributed by atoms with E-state index in [1.165, 1.54) is 5.56 Å². The lowest BCUT2D eigenvalue weighted by atomic mass is 9.78. The highest BCUT2D eigenvalue weighted by Crippen LogP contribution is 2.40. The molecule has 0 saturated heterocycles. The summed E-state index contributed by atoms with van der Waals surface area (Å²) in [5.74, 6) is 1.68. The predicted octanol–water partition coefficient (Wildman–Crippen LogP) is 5.05. The van der Waals surface area contributed by atoms with Crippen LogP contribution in [-0.4, -0.2) is 17.0 Å². The number of phenolic OH excluding ortho intramolecular Hbond substituents is 1. The number of phenols is 1. The van der Waals surface area contributed by atoms with Crippen LogP contribution in [0.4, 0.5) is 5.69 Å². The lowest BCUT2D eigenvalue weighted by molar-refractivity contribution is 0.281. The second-order valence-electron chi connectivity index (χ2n) is 10.2. The quantitative estimate of drug-likeness (QED) is 0.660. The zero-order valence-corrected chi connectivity index (χ0v) is 19.3. The maximum atomic E-state index is 10.9. The second-order valence-corrected chi connectivity index (χ2v) is 10.2. The van der Waals surface area contributed by atoms with E-state index in [-0.39, 0.29) is 16.9 Å². The number of nitrogens with two attached hydrogens (primary N) is 1. The van der Waals surface area contributed by atoms with Crippen LogP contribution in [0, 0.1) is 0 Å². The predicted molar refractivity (Wildman–Crippen MR) is 124 cm³/mol. The average Bonchev–Trinajstić information content (AvgIpc) is 2.62. The number of ether oxygens (including phenoxy) is 1. The van der Waals surface area contributed by atoms with Gasteiger partial charge in [0.2, 0.25) is 0 Å². The van der Waals surface area contributed by atoms with Gasteiger partial charge in [0.1, 0.15) is 23.0 Å². The Hall–Kier alpha value is -2.53. The summed E-state index contributed by atoms with van der Waals surface area (Å²) in [7, 11) is 0. The van der Waals surface area contributed by atoms with E-state index in [0.29, 0.717) is 24.7 Å². The number of hydrogen-bond acceptors (Lipinski definition) is 5. The monoisotopic (exact) mass is 409 g/mol. The Labute approximate surface area is 180 Å². The zero-order valence-electron chi connectivity index (χ0n) is 19.3. The number of fused-ring (bicyclic) bond motifs is 1. The fraction of sp³-hybridized carbons (Fsp3) is 0.480. The van der Waals surface area contributed by atoms with E-state index < -0.39 is 0 Å². The number of nitrogens with one attached hydrogen (secondary N) is 1. The lowest BCUT2D eigenvalue weighted by Gasteiger charge is -2.28. The Morgan fingerprint density at radius 2 is 1.53 bits per heavy atom. The van der Waals surface area contributed by atoms with E-state index >= 15 is 0 Å². The van der Waals surface area contributed by atoms with Gasteiger partial charge in [-0.05, 0) is 52.1 Å². The molecule has 5 heteroatoms. The van der Waals surface area contributed by atoms with Gasteiger partial charge in [-0.15, -0.1) is 0 Å². The van der Waals surface area contributed by atoms with Crippen molar-refractivity contribution in [1.29, 1.82) is 0 Å². The molecule has 1 heterocycles.